The Kier molecular flexibility index (Phi) is 3.99. The zero-order valence-electron chi connectivity index (χ0n) is 12.5. The van der Waals surface area contributed by atoms with Gasteiger partial charge in [-0.2, -0.15) is 0 Å². The van der Waals surface area contributed by atoms with Crippen LogP contribution in [0.25, 0.3) is 0 Å². The predicted octanol–water partition coefficient (Wildman–Crippen LogP) is 0.870. The maximum atomic E-state index is 12.6. The molecule has 2 aliphatic rings. The van der Waals surface area contributed by atoms with Gasteiger partial charge in [-0.15, -0.1) is 0 Å². The van der Waals surface area contributed by atoms with Gasteiger partial charge in [-0.25, -0.2) is 0 Å². The second-order valence-corrected chi connectivity index (χ2v) is 6.48. The molecule has 1 amide bonds. The third kappa shape index (κ3) is 3.44. The lowest BCUT2D eigenvalue weighted by Gasteiger charge is -2.40. The van der Waals surface area contributed by atoms with Gasteiger partial charge in [0.2, 0.25) is 0 Å². The molecule has 6 nitrogen and oxygen atoms in total. The summed E-state index contributed by atoms with van der Waals surface area (Å²) in [6.07, 6.45) is 5.43. The molecule has 1 atom stereocenters. The summed E-state index contributed by atoms with van der Waals surface area (Å²) in [4.78, 5) is 16.3. The normalized spacial score (nSPS) is 26.6. The van der Waals surface area contributed by atoms with E-state index in [0.717, 1.165) is 25.3 Å². The highest BCUT2D eigenvalue weighted by Crippen LogP contribution is 2.32. The van der Waals surface area contributed by atoms with Crippen LogP contribution in [0.4, 0.5) is 0 Å². The van der Waals surface area contributed by atoms with Crippen LogP contribution >= 0.6 is 0 Å². The fourth-order valence-electron chi connectivity index (χ4n) is 3.09. The molecule has 1 unspecified atom stereocenters. The molecule has 6 heteroatoms. The Morgan fingerprint density at radius 3 is 3.05 bits per heavy atom. The number of aliphatic hydroxyl groups is 1. The van der Waals surface area contributed by atoms with Crippen molar-refractivity contribution in [2.24, 2.45) is 5.92 Å². The number of nitrogens with zero attached hydrogens (tertiary/aromatic N) is 3. The smallest absolute Gasteiger partial charge is 0.255 e. The van der Waals surface area contributed by atoms with E-state index in [-0.39, 0.29) is 5.91 Å². The van der Waals surface area contributed by atoms with Gasteiger partial charge in [0.05, 0.1) is 12.7 Å². The van der Waals surface area contributed by atoms with Crippen LogP contribution in [0.15, 0.2) is 16.8 Å². The van der Waals surface area contributed by atoms with Crippen molar-refractivity contribution in [3.8, 4) is 0 Å². The van der Waals surface area contributed by atoms with Crippen molar-refractivity contribution < 1.29 is 14.4 Å². The summed E-state index contributed by atoms with van der Waals surface area (Å²) in [7, 11) is 1.88. The molecule has 1 aromatic rings. The van der Waals surface area contributed by atoms with Gasteiger partial charge in [0.25, 0.3) is 5.91 Å². The quantitative estimate of drug-likeness (QED) is 0.843. The largest absolute Gasteiger partial charge is 0.379 e. The molecule has 1 aliphatic carbocycles. The summed E-state index contributed by atoms with van der Waals surface area (Å²) in [5.41, 5.74) is -1.26. The molecular formula is C15H23N3O3. The lowest BCUT2D eigenvalue weighted by molar-refractivity contribution is -0.159. The molecular weight excluding hydrogens is 270 g/mol. The Bertz CT molecular complexity index is 486. The zero-order chi connectivity index (χ0) is 14.9. The van der Waals surface area contributed by atoms with Crippen LogP contribution in [0.1, 0.15) is 31.4 Å². The van der Waals surface area contributed by atoms with Gasteiger partial charge >= 0.3 is 0 Å². The SMILES string of the molecule is CN(Cc1ccno1)CC1(O)CCCN(CC2CC2)C1=O. The van der Waals surface area contributed by atoms with E-state index >= 15 is 0 Å². The number of amides is 1. The number of aromatic nitrogens is 1. The van der Waals surface area contributed by atoms with E-state index in [0.29, 0.717) is 25.4 Å². The van der Waals surface area contributed by atoms with E-state index in [1.54, 1.807) is 12.3 Å². The number of likely N-dealkylation sites (tertiary alicyclic amines) is 1. The number of hydrogen-bond donors (Lipinski definition) is 1. The molecule has 1 aliphatic heterocycles. The minimum Gasteiger partial charge on any atom is -0.379 e. The van der Waals surface area contributed by atoms with Crippen LogP contribution in [0.5, 0.6) is 0 Å². The third-order valence-electron chi connectivity index (χ3n) is 4.33. The number of hydrogen-bond acceptors (Lipinski definition) is 5. The summed E-state index contributed by atoms with van der Waals surface area (Å²) >= 11 is 0. The summed E-state index contributed by atoms with van der Waals surface area (Å²) in [5.74, 6) is 1.28. The number of likely N-dealkylation sites (N-methyl/N-ethyl adjacent to an activating group) is 1. The Morgan fingerprint density at radius 2 is 2.38 bits per heavy atom. The van der Waals surface area contributed by atoms with Gasteiger partial charge < -0.3 is 14.5 Å². The minimum absolute atomic E-state index is 0.106. The number of carbonyl (C=O) groups is 1. The molecule has 1 saturated carbocycles. The Hall–Kier alpha value is -1.40. The van der Waals surface area contributed by atoms with Crippen molar-refractivity contribution in [2.45, 2.75) is 37.8 Å². The molecule has 21 heavy (non-hydrogen) atoms. The summed E-state index contributed by atoms with van der Waals surface area (Å²) in [5, 5.41) is 14.4. The number of piperidine rings is 1. The fourth-order valence-corrected chi connectivity index (χ4v) is 3.09. The lowest BCUT2D eigenvalue weighted by atomic mass is 9.91. The van der Waals surface area contributed by atoms with Gasteiger partial charge in [-0.1, -0.05) is 5.16 Å². The van der Waals surface area contributed by atoms with Crippen LogP contribution < -0.4 is 0 Å². The number of rotatable bonds is 6. The number of carbonyl (C=O) groups excluding carboxylic acids is 1. The topological polar surface area (TPSA) is 69.8 Å². The first-order valence-electron chi connectivity index (χ1n) is 7.67. The van der Waals surface area contributed by atoms with Gasteiger partial charge in [0.15, 0.2) is 11.4 Å². The second-order valence-electron chi connectivity index (χ2n) is 6.48. The van der Waals surface area contributed by atoms with Crippen LogP contribution in [-0.2, 0) is 11.3 Å². The first kappa shape index (κ1) is 14.5. The average Bonchev–Trinajstić information content (AvgIpc) is 3.10. The zero-order valence-corrected chi connectivity index (χ0v) is 12.5. The monoisotopic (exact) mass is 293 g/mol. The predicted molar refractivity (Wildman–Crippen MR) is 76.3 cm³/mol. The summed E-state index contributed by atoms with van der Waals surface area (Å²) < 4.78 is 5.07. The van der Waals surface area contributed by atoms with Crippen molar-refractivity contribution in [1.82, 2.24) is 15.0 Å². The first-order valence-corrected chi connectivity index (χ1v) is 7.67. The highest BCUT2D eigenvalue weighted by molar-refractivity contribution is 5.86. The van der Waals surface area contributed by atoms with Crippen LogP contribution in [-0.4, -0.2) is 58.3 Å². The van der Waals surface area contributed by atoms with Crippen molar-refractivity contribution in [3.63, 3.8) is 0 Å². The van der Waals surface area contributed by atoms with Crippen molar-refractivity contribution in [1.29, 1.82) is 0 Å². The molecule has 116 valence electrons. The lowest BCUT2D eigenvalue weighted by Crippen LogP contribution is -2.58. The van der Waals surface area contributed by atoms with Crippen molar-refractivity contribution in [3.05, 3.63) is 18.0 Å². The van der Waals surface area contributed by atoms with Gasteiger partial charge in [-0.05, 0) is 38.6 Å². The first-order chi connectivity index (χ1) is 10.1. The van der Waals surface area contributed by atoms with E-state index < -0.39 is 5.60 Å². The Morgan fingerprint density at radius 1 is 1.57 bits per heavy atom. The Labute approximate surface area is 124 Å². The molecule has 0 bridgehead atoms. The minimum atomic E-state index is -1.26. The molecule has 0 aromatic carbocycles. The molecule has 2 fully saturated rings. The summed E-state index contributed by atoms with van der Waals surface area (Å²) in [6.45, 7) is 2.46. The standard InChI is InChI=1S/C15H23N3O3/c1-17(10-13-5-7-16-21-13)11-15(20)6-2-8-18(14(15)19)9-12-3-4-12/h5,7,12,20H,2-4,6,8-11H2,1H3. The van der Waals surface area contributed by atoms with Crippen LogP contribution in [0.3, 0.4) is 0 Å². The van der Waals surface area contributed by atoms with E-state index in [2.05, 4.69) is 5.16 Å². The molecule has 2 heterocycles. The molecule has 0 radical (unpaired) electrons. The maximum Gasteiger partial charge on any atom is 0.255 e. The van der Waals surface area contributed by atoms with E-state index in [9.17, 15) is 9.90 Å². The van der Waals surface area contributed by atoms with Gasteiger partial charge in [0, 0.05) is 25.7 Å². The average molecular weight is 293 g/mol. The van der Waals surface area contributed by atoms with Gasteiger partial charge in [-0.3, -0.25) is 9.69 Å². The van der Waals surface area contributed by atoms with E-state index in [1.807, 2.05) is 16.8 Å². The fraction of sp³-hybridized carbons (Fsp3) is 0.733. The third-order valence-corrected chi connectivity index (χ3v) is 4.33. The van der Waals surface area contributed by atoms with E-state index in [4.69, 9.17) is 4.52 Å². The van der Waals surface area contributed by atoms with Crippen LogP contribution in [0, 0.1) is 5.92 Å². The van der Waals surface area contributed by atoms with Crippen molar-refractivity contribution in [2.75, 3.05) is 26.7 Å². The maximum absolute atomic E-state index is 12.6. The molecule has 1 N–H and O–H groups in total. The van der Waals surface area contributed by atoms with Gasteiger partial charge in [0.1, 0.15) is 0 Å². The van der Waals surface area contributed by atoms with Crippen molar-refractivity contribution >= 4 is 5.91 Å². The highest BCUT2D eigenvalue weighted by Gasteiger charge is 2.44. The van der Waals surface area contributed by atoms with Crippen LogP contribution in [0.2, 0.25) is 0 Å². The second kappa shape index (κ2) is 5.77. The Balaban J connectivity index is 1.59. The molecule has 0 spiro atoms. The molecule has 3 rings (SSSR count). The molecule has 1 aromatic heterocycles. The highest BCUT2D eigenvalue weighted by atomic mass is 16.5. The summed E-state index contributed by atoms with van der Waals surface area (Å²) in [6, 6.07) is 1.79. The molecule has 1 saturated heterocycles. The van der Waals surface area contributed by atoms with E-state index in [1.165, 1.54) is 12.8 Å².